The minimum Gasteiger partial charge on any atom is -0.464 e. The van der Waals surface area contributed by atoms with Gasteiger partial charge in [0.05, 0.1) is 6.26 Å². The fourth-order valence-corrected chi connectivity index (χ4v) is 3.09. The Hall–Kier alpha value is -1.32. The molecule has 0 spiro atoms. The molecule has 1 saturated heterocycles. The topological polar surface area (TPSA) is 36.6 Å². The highest BCUT2D eigenvalue weighted by Gasteiger charge is 2.30. The summed E-state index contributed by atoms with van der Waals surface area (Å²) < 4.78 is 5.59. The standard InChI is InChI=1S/C16H21NO2/c1-16(12-18)7-4-8-17(11-16)9-13-10-19-15-6-3-2-5-14(13)15/h2-3,5-6,10,18H,4,7-9,11-12H2,1H3. The molecule has 3 rings (SSSR count). The molecule has 2 heterocycles. The Kier molecular flexibility index (Phi) is 3.33. The summed E-state index contributed by atoms with van der Waals surface area (Å²) in [5.74, 6) is 0. The van der Waals surface area contributed by atoms with Gasteiger partial charge in [-0.15, -0.1) is 0 Å². The van der Waals surface area contributed by atoms with Gasteiger partial charge in [0.25, 0.3) is 0 Å². The Morgan fingerprint density at radius 2 is 2.21 bits per heavy atom. The lowest BCUT2D eigenvalue weighted by Crippen LogP contribution is -2.43. The summed E-state index contributed by atoms with van der Waals surface area (Å²) in [4.78, 5) is 2.43. The van der Waals surface area contributed by atoms with Crippen molar-refractivity contribution in [1.82, 2.24) is 4.90 Å². The third-order valence-electron chi connectivity index (χ3n) is 4.20. The molecule has 1 fully saturated rings. The Balaban J connectivity index is 1.78. The molecule has 1 atom stereocenters. The molecular formula is C16H21NO2. The summed E-state index contributed by atoms with van der Waals surface area (Å²) >= 11 is 0. The van der Waals surface area contributed by atoms with Crippen molar-refractivity contribution >= 4 is 11.0 Å². The first-order valence-electron chi connectivity index (χ1n) is 6.98. The molecule has 0 aliphatic carbocycles. The Bertz CT molecular complexity index is 563. The van der Waals surface area contributed by atoms with Gasteiger partial charge in [0.15, 0.2) is 0 Å². The van der Waals surface area contributed by atoms with Crippen LogP contribution in [-0.4, -0.2) is 29.7 Å². The fraction of sp³-hybridized carbons (Fsp3) is 0.500. The number of fused-ring (bicyclic) bond motifs is 1. The summed E-state index contributed by atoms with van der Waals surface area (Å²) in [5.41, 5.74) is 2.26. The molecule has 1 unspecified atom stereocenters. The highest BCUT2D eigenvalue weighted by Crippen LogP contribution is 2.30. The third kappa shape index (κ3) is 2.53. The van der Waals surface area contributed by atoms with Gasteiger partial charge in [0, 0.05) is 36.1 Å². The van der Waals surface area contributed by atoms with Crippen molar-refractivity contribution in [2.75, 3.05) is 19.7 Å². The molecule has 0 bridgehead atoms. The van der Waals surface area contributed by atoms with E-state index in [-0.39, 0.29) is 12.0 Å². The third-order valence-corrected chi connectivity index (χ3v) is 4.20. The van der Waals surface area contributed by atoms with Gasteiger partial charge in [-0.25, -0.2) is 0 Å². The summed E-state index contributed by atoms with van der Waals surface area (Å²) in [6.07, 6.45) is 4.15. The van der Waals surface area contributed by atoms with E-state index in [4.69, 9.17) is 4.42 Å². The smallest absolute Gasteiger partial charge is 0.134 e. The van der Waals surface area contributed by atoms with Crippen molar-refractivity contribution in [1.29, 1.82) is 0 Å². The van der Waals surface area contributed by atoms with Crippen molar-refractivity contribution in [3.63, 3.8) is 0 Å². The number of benzene rings is 1. The van der Waals surface area contributed by atoms with E-state index >= 15 is 0 Å². The minimum absolute atomic E-state index is 0.0534. The van der Waals surface area contributed by atoms with Crippen LogP contribution < -0.4 is 0 Å². The molecule has 19 heavy (non-hydrogen) atoms. The van der Waals surface area contributed by atoms with Crippen LogP contribution in [-0.2, 0) is 6.54 Å². The zero-order chi connectivity index (χ0) is 13.3. The number of furan rings is 1. The quantitative estimate of drug-likeness (QED) is 0.920. The summed E-state index contributed by atoms with van der Waals surface area (Å²) in [6, 6.07) is 8.17. The van der Waals surface area contributed by atoms with Gasteiger partial charge in [-0.2, -0.15) is 0 Å². The number of aliphatic hydroxyl groups excluding tert-OH is 1. The molecule has 1 aromatic carbocycles. The van der Waals surface area contributed by atoms with E-state index in [2.05, 4.69) is 24.0 Å². The summed E-state index contributed by atoms with van der Waals surface area (Å²) in [5, 5.41) is 10.7. The Morgan fingerprint density at radius 1 is 1.37 bits per heavy atom. The van der Waals surface area contributed by atoms with Crippen molar-refractivity contribution in [3.05, 3.63) is 36.1 Å². The predicted octanol–water partition coefficient (Wildman–Crippen LogP) is 3.03. The van der Waals surface area contributed by atoms with Crippen LogP contribution in [0.4, 0.5) is 0 Å². The van der Waals surface area contributed by atoms with Crippen molar-refractivity contribution in [2.24, 2.45) is 5.41 Å². The monoisotopic (exact) mass is 259 g/mol. The van der Waals surface area contributed by atoms with Gasteiger partial charge in [-0.3, -0.25) is 4.90 Å². The van der Waals surface area contributed by atoms with Gasteiger partial charge in [0.1, 0.15) is 5.58 Å². The maximum atomic E-state index is 9.52. The number of piperidine rings is 1. The zero-order valence-electron chi connectivity index (χ0n) is 11.4. The van der Waals surface area contributed by atoms with Gasteiger partial charge in [-0.1, -0.05) is 25.1 Å². The van der Waals surface area contributed by atoms with Gasteiger partial charge in [0.2, 0.25) is 0 Å². The molecule has 0 amide bonds. The van der Waals surface area contributed by atoms with E-state index in [0.29, 0.717) is 0 Å². The van der Waals surface area contributed by atoms with Crippen molar-refractivity contribution in [2.45, 2.75) is 26.3 Å². The van der Waals surface area contributed by atoms with E-state index < -0.39 is 0 Å². The van der Waals surface area contributed by atoms with Crippen LogP contribution in [0, 0.1) is 5.41 Å². The van der Waals surface area contributed by atoms with Gasteiger partial charge < -0.3 is 9.52 Å². The average molecular weight is 259 g/mol. The summed E-state index contributed by atoms with van der Waals surface area (Å²) in [7, 11) is 0. The second-order valence-corrected chi connectivity index (χ2v) is 6.04. The van der Waals surface area contributed by atoms with Crippen LogP contribution >= 0.6 is 0 Å². The maximum absolute atomic E-state index is 9.52. The molecule has 1 aromatic heterocycles. The second kappa shape index (κ2) is 4.99. The lowest BCUT2D eigenvalue weighted by molar-refractivity contribution is 0.0430. The highest BCUT2D eigenvalue weighted by molar-refractivity contribution is 5.80. The first-order chi connectivity index (χ1) is 9.20. The van der Waals surface area contributed by atoms with E-state index in [0.717, 1.165) is 38.1 Å². The number of para-hydroxylation sites is 1. The number of rotatable bonds is 3. The Labute approximate surface area is 113 Å². The molecule has 0 radical (unpaired) electrons. The van der Waals surface area contributed by atoms with E-state index in [1.807, 2.05) is 18.4 Å². The molecule has 1 N–H and O–H groups in total. The van der Waals surface area contributed by atoms with Crippen LogP contribution in [0.25, 0.3) is 11.0 Å². The summed E-state index contributed by atoms with van der Waals surface area (Å²) in [6.45, 7) is 5.42. The van der Waals surface area contributed by atoms with E-state index in [1.165, 1.54) is 10.9 Å². The lowest BCUT2D eigenvalue weighted by atomic mass is 9.82. The maximum Gasteiger partial charge on any atom is 0.134 e. The van der Waals surface area contributed by atoms with Crippen LogP contribution in [0.15, 0.2) is 34.9 Å². The number of nitrogens with zero attached hydrogens (tertiary/aromatic N) is 1. The molecule has 1 aliphatic heterocycles. The van der Waals surface area contributed by atoms with Gasteiger partial charge >= 0.3 is 0 Å². The van der Waals surface area contributed by atoms with Crippen LogP contribution in [0.5, 0.6) is 0 Å². The molecule has 0 saturated carbocycles. The number of hydrogen-bond acceptors (Lipinski definition) is 3. The molecule has 2 aromatic rings. The van der Waals surface area contributed by atoms with Gasteiger partial charge in [-0.05, 0) is 25.5 Å². The van der Waals surface area contributed by atoms with Crippen LogP contribution in [0.2, 0.25) is 0 Å². The first kappa shape index (κ1) is 12.7. The van der Waals surface area contributed by atoms with E-state index in [1.54, 1.807) is 0 Å². The van der Waals surface area contributed by atoms with Crippen LogP contribution in [0.3, 0.4) is 0 Å². The molecule has 102 valence electrons. The Morgan fingerprint density at radius 3 is 3.05 bits per heavy atom. The predicted molar refractivity (Wildman–Crippen MR) is 75.9 cm³/mol. The van der Waals surface area contributed by atoms with Crippen molar-refractivity contribution < 1.29 is 9.52 Å². The van der Waals surface area contributed by atoms with E-state index in [9.17, 15) is 5.11 Å². The minimum atomic E-state index is 0.0534. The van der Waals surface area contributed by atoms with Crippen LogP contribution in [0.1, 0.15) is 25.3 Å². The normalized spacial score (nSPS) is 24.9. The fourth-order valence-electron chi connectivity index (χ4n) is 3.09. The zero-order valence-corrected chi connectivity index (χ0v) is 11.4. The molecule has 3 heteroatoms. The number of aliphatic hydroxyl groups is 1. The van der Waals surface area contributed by atoms with Crippen molar-refractivity contribution in [3.8, 4) is 0 Å². The SMILES string of the molecule is CC1(CO)CCCN(Cc2coc3ccccc23)C1. The molecule has 1 aliphatic rings. The number of likely N-dealkylation sites (tertiary alicyclic amines) is 1. The average Bonchev–Trinajstić information content (AvgIpc) is 2.83. The number of hydrogen-bond donors (Lipinski definition) is 1. The highest BCUT2D eigenvalue weighted by atomic mass is 16.3. The first-order valence-corrected chi connectivity index (χ1v) is 6.98. The largest absolute Gasteiger partial charge is 0.464 e. The molecular weight excluding hydrogens is 238 g/mol. The lowest BCUT2D eigenvalue weighted by Gasteiger charge is -2.39. The second-order valence-electron chi connectivity index (χ2n) is 6.04. The molecule has 3 nitrogen and oxygen atoms in total.